The summed E-state index contributed by atoms with van der Waals surface area (Å²) in [5.74, 6) is -0.398. The Hall–Kier alpha value is -2.63. The van der Waals surface area contributed by atoms with Crippen molar-refractivity contribution in [1.29, 1.82) is 0 Å². The average molecular weight is 410 g/mol. The Labute approximate surface area is 177 Å². The van der Waals surface area contributed by atoms with Crippen LogP contribution in [0.3, 0.4) is 0 Å². The molecule has 1 amide bonds. The van der Waals surface area contributed by atoms with Crippen LogP contribution >= 0.6 is 0 Å². The van der Waals surface area contributed by atoms with Gasteiger partial charge in [0.1, 0.15) is 0 Å². The standard InChI is InChI=1S/C24H31N3O3/c1-17-21-12-13-26(23(28)15-19-7-9-20(10-8-19)24(29)30)16-22(21)27(25-17)14-11-18-5-3-2-4-6-18/h2-6,19-20H,7-16H2,1H3,(H,29,30). The SMILES string of the molecule is Cc1nn(CCc2ccccc2)c2c1CCN(C(=O)CC1CCC(C(=O)O)CC1)C2. The Morgan fingerprint density at radius 2 is 1.87 bits per heavy atom. The van der Waals surface area contributed by atoms with Gasteiger partial charge in [-0.05, 0) is 62.5 Å². The number of carboxylic acids is 1. The molecule has 4 rings (SSSR count). The van der Waals surface area contributed by atoms with Crippen molar-refractivity contribution in [2.75, 3.05) is 6.54 Å². The van der Waals surface area contributed by atoms with Crippen LogP contribution in [0.2, 0.25) is 0 Å². The molecule has 0 spiro atoms. The van der Waals surface area contributed by atoms with E-state index in [4.69, 9.17) is 10.2 Å². The molecule has 1 N–H and O–H groups in total. The molecule has 1 aromatic heterocycles. The van der Waals surface area contributed by atoms with Gasteiger partial charge in [0.25, 0.3) is 0 Å². The highest BCUT2D eigenvalue weighted by Gasteiger charge is 2.30. The lowest BCUT2D eigenvalue weighted by molar-refractivity contribution is -0.143. The molecule has 1 aromatic carbocycles. The van der Waals surface area contributed by atoms with Crippen LogP contribution in [-0.2, 0) is 35.5 Å². The summed E-state index contributed by atoms with van der Waals surface area (Å²) in [5, 5.41) is 13.9. The van der Waals surface area contributed by atoms with Crippen LogP contribution in [0.25, 0.3) is 0 Å². The van der Waals surface area contributed by atoms with Crippen molar-refractivity contribution in [1.82, 2.24) is 14.7 Å². The summed E-state index contributed by atoms with van der Waals surface area (Å²) >= 11 is 0. The minimum absolute atomic E-state index is 0.202. The largest absolute Gasteiger partial charge is 0.481 e. The van der Waals surface area contributed by atoms with E-state index >= 15 is 0 Å². The Bertz CT molecular complexity index is 898. The van der Waals surface area contributed by atoms with E-state index in [0.717, 1.165) is 44.5 Å². The van der Waals surface area contributed by atoms with Crippen molar-refractivity contribution in [3.05, 3.63) is 52.8 Å². The average Bonchev–Trinajstić information content (AvgIpc) is 3.08. The zero-order valence-corrected chi connectivity index (χ0v) is 17.7. The summed E-state index contributed by atoms with van der Waals surface area (Å²) in [4.78, 5) is 26.1. The van der Waals surface area contributed by atoms with Crippen molar-refractivity contribution >= 4 is 11.9 Å². The molecule has 30 heavy (non-hydrogen) atoms. The zero-order chi connectivity index (χ0) is 21.1. The normalized spacial score (nSPS) is 21.3. The Kier molecular flexibility index (Phi) is 6.21. The molecule has 1 aliphatic carbocycles. The summed E-state index contributed by atoms with van der Waals surface area (Å²) in [6, 6.07) is 10.4. The van der Waals surface area contributed by atoms with E-state index in [9.17, 15) is 9.59 Å². The zero-order valence-electron chi connectivity index (χ0n) is 17.7. The predicted octanol–water partition coefficient (Wildman–Crippen LogP) is 3.60. The van der Waals surface area contributed by atoms with Gasteiger partial charge in [-0.1, -0.05) is 30.3 Å². The molecular formula is C24H31N3O3. The number of aliphatic carboxylic acids is 1. The van der Waals surface area contributed by atoms with Gasteiger partial charge >= 0.3 is 5.97 Å². The molecule has 0 atom stereocenters. The van der Waals surface area contributed by atoms with Crippen LogP contribution in [0.4, 0.5) is 0 Å². The van der Waals surface area contributed by atoms with Crippen molar-refractivity contribution in [3.63, 3.8) is 0 Å². The molecule has 1 fully saturated rings. The second-order valence-electron chi connectivity index (χ2n) is 8.79. The van der Waals surface area contributed by atoms with Crippen molar-refractivity contribution in [2.24, 2.45) is 11.8 Å². The molecule has 2 aliphatic rings. The fraction of sp³-hybridized carbons (Fsp3) is 0.542. The Morgan fingerprint density at radius 3 is 2.57 bits per heavy atom. The molecule has 0 radical (unpaired) electrons. The lowest BCUT2D eigenvalue weighted by Gasteiger charge is -2.31. The molecule has 2 aromatic rings. The summed E-state index contributed by atoms with van der Waals surface area (Å²) < 4.78 is 2.09. The first-order chi connectivity index (χ1) is 14.5. The molecular weight excluding hydrogens is 378 g/mol. The van der Waals surface area contributed by atoms with Gasteiger partial charge in [-0.15, -0.1) is 0 Å². The Balaban J connectivity index is 1.36. The van der Waals surface area contributed by atoms with Crippen LogP contribution in [0.1, 0.15) is 54.6 Å². The summed E-state index contributed by atoms with van der Waals surface area (Å²) in [6.07, 6.45) is 5.41. The predicted molar refractivity (Wildman–Crippen MR) is 114 cm³/mol. The monoisotopic (exact) mass is 409 g/mol. The third-order valence-corrected chi connectivity index (χ3v) is 6.81. The van der Waals surface area contributed by atoms with Gasteiger partial charge in [-0.2, -0.15) is 5.10 Å². The highest BCUT2D eigenvalue weighted by atomic mass is 16.4. The molecule has 6 heteroatoms. The molecule has 1 saturated carbocycles. The minimum atomic E-state index is -0.692. The topological polar surface area (TPSA) is 75.4 Å². The second kappa shape index (κ2) is 9.02. The van der Waals surface area contributed by atoms with Gasteiger partial charge in [-0.25, -0.2) is 0 Å². The summed E-state index contributed by atoms with van der Waals surface area (Å²) in [7, 11) is 0. The maximum absolute atomic E-state index is 13.0. The number of amides is 1. The number of hydrogen-bond donors (Lipinski definition) is 1. The van der Waals surface area contributed by atoms with E-state index in [1.54, 1.807) is 0 Å². The van der Waals surface area contributed by atoms with E-state index in [2.05, 4.69) is 35.9 Å². The van der Waals surface area contributed by atoms with Crippen LogP contribution in [0.15, 0.2) is 30.3 Å². The third-order valence-electron chi connectivity index (χ3n) is 6.81. The first kappa shape index (κ1) is 20.6. The van der Waals surface area contributed by atoms with Crippen LogP contribution in [0.5, 0.6) is 0 Å². The van der Waals surface area contributed by atoms with Gasteiger partial charge in [-0.3, -0.25) is 14.3 Å². The highest BCUT2D eigenvalue weighted by molar-refractivity contribution is 5.77. The summed E-state index contributed by atoms with van der Waals surface area (Å²) in [5.41, 5.74) is 4.85. The lowest BCUT2D eigenvalue weighted by atomic mass is 9.80. The van der Waals surface area contributed by atoms with Gasteiger partial charge in [0.2, 0.25) is 5.91 Å². The van der Waals surface area contributed by atoms with Gasteiger partial charge in [0.05, 0.1) is 23.9 Å². The van der Waals surface area contributed by atoms with E-state index in [0.29, 0.717) is 31.7 Å². The molecule has 2 heterocycles. The van der Waals surface area contributed by atoms with E-state index < -0.39 is 5.97 Å². The van der Waals surface area contributed by atoms with Crippen molar-refractivity contribution in [3.8, 4) is 0 Å². The smallest absolute Gasteiger partial charge is 0.306 e. The lowest BCUT2D eigenvalue weighted by Crippen LogP contribution is -2.38. The molecule has 0 bridgehead atoms. The first-order valence-corrected chi connectivity index (χ1v) is 11.1. The van der Waals surface area contributed by atoms with Crippen LogP contribution < -0.4 is 0 Å². The number of fused-ring (bicyclic) bond motifs is 1. The molecule has 1 aliphatic heterocycles. The van der Waals surface area contributed by atoms with Gasteiger partial charge in [0, 0.05) is 19.5 Å². The molecule has 160 valence electrons. The third kappa shape index (κ3) is 4.58. The van der Waals surface area contributed by atoms with E-state index in [-0.39, 0.29) is 11.8 Å². The second-order valence-corrected chi connectivity index (χ2v) is 8.79. The van der Waals surface area contributed by atoms with Gasteiger partial charge < -0.3 is 10.0 Å². The fourth-order valence-electron chi connectivity index (χ4n) is 4.94. The van der Waals surface area contributed by atoms with Crippen molar-refractivity contribution in [2.45, 2.75) is 65.0 Å². The number of carbonyl (C=O) groups excluding carboxylic acids is 1. The molecule has 0 unspecified atom stereocenters. The number of carboxylic acid groups (broad SMARTS) is 1. The van der Waals surface area contributed by atoms with E-state index in [1.807, 2.05) is 11.0 Å². The number of nitrogens with zero attached hydrogens (tertiary/aromatic N) is 3. The number of aromatic nitrogens is 2. The number of aryl methyl sites for hydroxylation is 3. The Morgan fingerprint density at radius 1 is 1.13 bits per heavy atom. The van der Waals surface area contributed by atoms with Gasteiger partial charge in [0.15, 0.2) is 0 Å². The first-order valence-electron chi connectivity index (χ1n) is 11.1. The number of carbonyl (C=O) groups is 2. The fourth-order valence-corrected chi connectivity index (χ4v) is 4.94. The number of rotatable bonds is 6. The van der Waals surface area contributed by atoms with Crippen molar-refractivity contribution < 1.29 is 14.7 Å². The highest BCUT2D eigenvalue weighted by Crippen LogP contribution is 2.32. The quantitative estimate of drug-likeness (QED) is 0.791. The maximum Gasteiger partial charge on any atom is 0.306 e. The number of benzene rings is 1. The van der Waals surface area contributed by atoms with Crippen LogP contribution in [-0.4, -0.2) is 38.2 Å². The maximum atomic E-state index is 13.0. The van der Waals surface area contributed by atoms with E-state index in [1.165, 1.54) is 16.8 Å². The summed E-state index contributed by atoms with van der Waals surface area (Å²) in [6.45, 7) is 4.27. The number of hydrogen-bond acceptors (Lipinski definition) is 3. The van der Waals surface area contributed by atoms with Crippen LogP contribution in [0, 0.1) is 18.8 Å². The molecule has 0 saturated heterocycles. The minimum Gasteiger partial charge on any atom is -0.481 e. The molecule has 6 nitrogen and oxygen atoms in total.